The smallest absolute Gasteiger partial charge is 0.325 e. The molecule has 0 saturated carbocycles. The summed E-state index contributed by atoms with van der Waals surface area (Å²) in [4.78, 5) is 22.7. The van der Waals surface area contributed by atoms with E-state index < -0.39 is 0 Å². The van der Waals surface area contributed by atoms with Crippen molar-refractivity contribution >= 4 is 22.8 Å². The molecule has 0 radical (unpaired) electrons. The first-order chi connectivity index (χ1) is 17.5. The van der Waals surface area contributed by atoms with Gasteiger partial charge in [0.2, 0.25) is 0 Å². The van der Waals surface area contributed by atoms with Gasteiger partial charge in [-0.2, -0.15) is 0 Å². The maximum atomic E-state index is 13.8. The minimum Gasteiger partial charge on any atom is -0.326 e. The monoisotopic (exact) mass is 481 g/mol. The largest absolute Gasteiger partial charge is 0.326 e. The Hall–Kier alpha value is -3.64. The number of amides is 2. The molecule has 3 aromatic carbocycles. The number of nitrogens with zero attached hydrogens (tertiary/aromatic N) is 4. The average molecular weight is 482 g/mol. The Balaban J connectivity index is 1.47. The highest BCUT2D eigenvalue weighted by molar-refractivity contribution is 5.94. The zero-order chi connectivity index (χ0) is 25.1. The molecule has 0 saturated heterocycles. The Bertz CT molecular complexity index is 1340. The molecule has 4 aromatic rings. The molecule has 0 atom stereocenters. The van der Waals surface area contributed by atoms with Crippen LogP contribution >= 0.6 is 0 Å². The number of fused-ring (bicyclic) bond motifs is 2. The van der Waals surface area contributed by atoms with Gasteiger partial charge in [0.25, 0.3) is 0 Å². The predicted molar refractivity (Wildman–Crippen MR) is 146 cm³/mol. The van der Waals surface area contributed by atoms with Crippen molar-refractivity contribution in [1.29, 1.82) is 0 Å². The molecule has 186 valence electrons. The van der Waals surface area contributed by atoms with E-state index in [1.807, 2.05) is 34.1 Å². The van der Waals surface area contributed by atoms with E-state index in [0.29, 0.717) is 32.1 Å². The number of rotatable bonds is 9. The van der Waals surface area contributed by atoms with Gasteiger partial charge in [-0.05, 0) is 53.6 Å². The highest BCUT2D eigenvalue weighted by atomic mass is 16.2. The Kier molecular flexibility index (Phi) is 7.05. The Morgan fingerprint density at radius 1 is 0.944 bits per heavy atom. The Labute approximate surface area is 213 Å². The molecule has 0 fully saturated rings. The van der Waals surface area contributed by atoms with Crippen LogP contribution in [0.25, 0.3) is 11.0 Å². The van der Waals surface area contributed by atoms with E-state index in [0.717, 1.165) is 47.5 Å². The van der Waals surface area contributed by atoms with Crippen LogP contribution in [0.2, 0.25) is 0 Å². The fourth-order valence-corrected chi connectivity index (χ4v) is 4.94. The van der Waals surface area contributed by atoms with Crippen molar-refractivity contribution in [1.82, 2.24) is 14.5 Å². The van der Waals surface area contributed by atoms with Crippen molar-refractivity contribution in [2.75, 3.05) is 11.4 Å². The first-order valence-electron chi connectivity index (χ1n) is 12.9. The van der Waals surface area contributed by atoms with E-state index in [4.69, 9.17) is 10.7 Å². The van der Waals surface area contributed by atoms with Gasteiger partial charge < -0.3 is 15.2 Å². The minimum atomic E-state index is 0.0368. The number of carbonyl (C=O) groups is 1. The highest BCUT2D eigenvalue weighted by Gasteiger charge is 2.31. The summed E-state index contributed by atoms with van der Waals surface area (Å²) < 4.78 is 2.29. The number of hydrogen-bond donors (Lipinski definition) is 1. The van der Waals surface area contributed by atoms with Crippen LogP contribution in [0.3, 0.4) is 0 Å². The number of aryl methyl sites for hydroxylation is 1. The molecular formula is C30H35N5O. The average Bonchev–Trinajstić information content (AvgIpc) is 3.24. The number of para-hydroxylation sites is 1. The molecule has 1 aromatic heterocycles. The summed E-state index contributed by atoms with van der Waals surface area (Å²) in [5.41, 5.74) is 12.4. The standard InChI is InChI=1S/C30H35N5O/c1-22(2)14-17-34-28-13-12-24(19-31)18-26(28)32-29(34)21-35-27-11-7-6-10-25(27)20-33(30(35)36)16-15-23-8-4-3-5-9-23/h3-13,18,22H,14-17,19-21,31H2,1-2H3. The molecule has 0 bridgehead atoms. The van der Waals surface area contributed by atoms with Gasteiger partial charge in [-0.1, -0.05) is 68.4 Å². The molecular weight excluding hydrogens is 446 g/mol. The van der Waals surface area contributed by atoms with Crippen molar-refractivity contribution in [2.45, 2.75) is 52.9 Å². The van der Waals surface area contributed by atoms with Crippen LogP contribution in [-0.4, -0.2) is 27.0 Å². The van der Waals surface area contributed by atoms with Gasteiger partial charge in [0.15, 0.2) is 0 Å². The number of imidazole rings is 1. The van der Waals surface area contributed by atoms with Crippen molar-refractivity contribution in [3.05, 3.63) is 95.3 Å². The summed E-state index contributed by atoms with van der Waals surface area (Å²) in [6, 6.07) is 24.9. The number of carbonyl (C=O) groups excluding carboxylic acids is 1. The molecule has 0 unspecified atom stereocenters. The second-order valence-corrected chi connectivity index (χ2v) is 10.0. The van der Waals surface area contributed by atoms with Crippen molar-refractivity contribution < 1.29 is 4.79 Å². The highest BCUT2D eigenvalue weighted by Crippen LogP contribution is 2.31. The lowest BCUT2D eigenvalue weighted by atomic mass is 10.1. The SMILES string of the molecule is CC(C)CCn1c(CN2C(=O)N(CCc3ccccc3)Cc3ccccc32)nc2cc(CN)ccc21. The maximum Gasteiger partial charge on any atom is 0.325 e. The normalized spacial score (nSPS) is 13.6. The third-order valence-corrected chi connectivity index (χ3v) is 7.02. The molecule has 0 spiro atoms. The second-order valence-electron chi connectivity index (χ2n) is 10.0. The van der Waals surface area contributed by atoms with Crippen LogP contribution in [0.5, 0.6) is 0 Å². The van der Waals surface area contributed by atoms with Crippen LogP contribution in [0.4, 0.5) is 10.5 Å². The third kappa shape index (κ3) is 5.00. The van der Waals surface area contributed by atoms with Crippen LogP contribution in [-0.2, 0) is 32.6 Å². The van der Waals surface area contributed by atoms with E-state index in [1.165, 1.54) is 11.1 Å². The fourth-order valence-electron chi connectivity index (χ4n) is 4.94. The summed E-state index contributed by atoms with van der Waals surface area (Å²) in [6.07, 6.45) is 1.88. The van der Waals surface area contributed by atoms with Crippen molar-refractivity contribution in [3.63, 3.8) is 0 Å². The van der Waals surface area contributed by atoms with E-state index in [1.54, 1.807) is 0 Å². The van der Waals surface area contributed by atoms with Gasteiger partial charge in [-0.3, -0.25) is 4.90 Å². The lowest BCUT2D eigenvalue weighted by Crippen LogP contribution is -2.47. The molecule has 5 rings (SSSR count). The summed E-state index contributed by atoms with van der Waals surface area (Å²) in [6.45, 7) is 7.56. The van der Waals surface area contributed by atoms with Crippen LogP contribution < -0.4 is 10.6 Å². The van der Waals surface area contributed by atoms with Gasteiger partial charge >= 0.3 is 6.03 Å². The van der Waals surface area contributed by atoms with E-state index in [9.17, 15) is 4.79 Å². The van der Waals surface area contributed by atoms with Gasteiger partial charge in [0, 0.05) is 26.2 Å². The van der Waals surface area contributed by atoms with Gasteiger partial charge in [0.1, 0.15) is 5.82 Å². The second kappa shape index (κ2) is 10.5. The molecule has 1 aliphatic rings. The Morgan fingerprint density at radius 3 is 2.50 bits per heavy atom. The predicted octanol–water partition coefficient (Wildman–Crippen LogP) is 5.73. The zero-order valence-corrected chi connectivity index (χ0v) is 21.2. The summed E-state index contributed by atoms with van der Waals surface area (Å²) in [7, 11) is 0. The maximum absolute atomic E-state index is 13.8. The van der Waals surface area contributed by atoms with Gasteiger partial charge in [-0.15, -0.1) is 0 Å². The van der Waals surface area contributed by atoms with Crippen LogP contribution in [0.1, 0.15) is 42.8 Å². The quantitative estimate of drug-likeness (QED) is 0.332. The summed E-state index contributed by atoms with van der Waals surface area (Å²) >= 11 is 0. The summed E-state index contributed by atoms with van der Waals surface area (Å²) in [5.74, 6) is 1.48. The number of benzene rings is 3. The molecule has 6 heteroatoms. The van der Waals surface area contributed by atoms with Crippen molar-refractivity contribution in [3.8, 4) is 0 Å². The molecule has 2 heterocycles. The van der Waals surface area contributed by atoms with Crippen molar-refractivity contribution in [2.24, 2.45) is 11.7 Å². The van der Waals surface area contributed by atoms with E-state index in [2.05, 4.69) is 66.9 Å². The number of hydrogen-bond acceptors (Lipinski definition) is 3. The van der Waals surface area contributed by atoms with Gasteiger partial charge in [0.05, 0.1) is 23.3 Å². The number of urea groups is 1. The fraction of sp³-hybridized carbons (Fsp3) is 0.333. The number of nitrogens with two attached hydrogens (primary N) is 1. The molecule has 0 aliphatic carbocycles. The zero-order valence-electron chi connectivity index (χ0n) is 21.2. The van der Waals surface area contributed by atoms with E-state index in [-0.39, 0.29) is 6.03 Å². The number of aromatic nitrogens is 2. The first-order valence-corrected chi connectivity index (χ1v) is 12.9. The molecule has 2 amide bonds. The first kappa shape index (κ1) is 24.1. The lowest BCUT2D eigenvalue weighted by molar-refractivity contribution is 0.198. The van der Waals surface area contributed by atoms with Crippen LogP contribution in [0, 0.1) is 5.92 Å². The lowest BCUT2D eigenvalue weighted by Gasteiger charge is -2.37. The molecule has 2 N–H and O–H groups in total. The Morgan fingerprint density at radius 2 is 1.72 bits per heavy atom. The molecule has 6 nitrogen and oxygen atoms in total. The third-order valence-electron chi connectivity index (χ3n) is 7.02. The van der Waals surface area contributed by atoms with Gasteiger partial charge in [-0.25, -0.2) is 9.78 Å². The molecule has 36 heavy (non-hydrogen) atoms. The topological polar surface area (TPSA) is 67.4 Å². The van der Waals surface area contributed by atoms with E-state index >= 15 is 0 Å². The van der Waals surface area contributed by atoms with Crippen LogP contribution in [0.15, 0.2) is 72.8 Å². The summed E-state index contributed by atoms with van der Waals surface area (Å²) in [5, 5.41) is 0. The number of anilines is 1. The minimum absolute atomic E-state index is 0.0368. The molecule has 1 aliphatic heterocycles.